The number of nitrogens with zero attached hydrogens (tertiary/aromatic N) is 1. The van der Waals surface area contributed by atoms with Gasteiger partial charge in [-0.05, 0) is 18.6 Å². The molecule has 1 aromatic carbocycles. The van der Waals surface area contributed by atoms with Gasteiger partial charge in [0.1, 0.15) is 0 Å². The second kappa shape index (κ2) is 7.47. The van der Waals surface area contributed by atoms with E-state index >= 15 is 0 Å². The third-order valence-corrected chi connectivity index (χ3v) is 4.06. The van der Waals surface area contributed by atoms with Gasteiger partial charge in [-0.1, -0.05) is 62.9 Å². The first kappa shape index (κ1) is 13.5. The molecule has 98 valence electrons. The predicted octanol–water partition coefficient (Wildman–Crippen LogP) is 5.02. The highest BCUT2D eigenvalue weighted by molar-refractivity contribution is 7.99. The van der Waals surface area contributed by atoms with Crippen LogP contribution in [-0.4, -0.2) is 15.7 Å². The predicted molar refractivity (Wildman–Crippen MR) is 80.2 cm³/mol. The van der Waals surface area contributed by atoms with E-state index in [1.807, 2.05) is 23.9 Å². The van der Waals surface area contributed by atoms with E-state index in [0.29, 0.717) is 0 Å². The molecular formula is C15H22N2S. The average molecular weight is 262 g/mol. The average Bonchev–Trinajstić information content (AvgIpc) is 2.80. The number of aromatic nitrogens is 2. The van der Waals surface area contributed by atoms with E-state index in [0.717, 1.165) is 16.2 Å². The fourth-order valence-electron chi connectivity index (χ4n) is 2.05. The van der Waals surface area contributed by atoms with Crippen molar-refractivity contribution in [2.75, 3.05) is 5.75 Å². The van der Waals surface area contributed by atoms with Crippen molar-refractivity contribution in [2.45, 2.75) is 50.6 Å². The summed E-state index contributed by atoms with van der Waals surface area (Å²) < 4.78 is 0. The second-order valence-electron chi connectivity index (χ2n) is 4.68. The Labute approximate surface area is 114 Å². The summed E-state index contributed by atoms with van der Waals surface area (Å²) in [7, 11) is 0. The molecule has 1 aromatic heterocycles. The number of H-pyrrole nitrogens is 1. The summed E-state index contributed by atoms with van der Waals surface area (Å²) in [4.78, 5) is 7.93. The largest absolute Gasteiger partial charge is 0.333 e. The monoisotopic (exact) mass is 262 g/mol. The fraction of sp³-hybridized carbons (Fsp3) is 0.533. The zero-order valence-corrected chi connectivity index (χ0v) is 11.9. The number of benzene rings is 1. The molecule has 0 amide bonds. The Kier molecular flexibility index (Phi) is 5.59. The van der Waals surface area contributed by atoms with Gasteiger partial charge in [0.15, 0.2) is 5.16 Å². The standard InChI is InChI=1S/C15H22N2S/c1-2-3-4-5-6-9-12-18-15-16-13-10-7-8-11-14(13)17-15/h7-8,10-11H,2-6,9,12H2,1H3,(H,16,17). The van der Waals surface area contributed by atoms with Crippen LogP contribution in [0, 0.1) is 0 Å². The van der Waals surface area contributed by atoms with Crippen molar-refractivity contribution in [1.82, 2.24) is 9.97 Å². The quantitative estimate of drug-likeness (QED) is 0.535. The van der Waals surface area contributed by atoms with Gasteiger partial charge < -0.3 is 4.98 Å². The van der Waals surface area contributed by atoms with Crippen molar-refractivity contribution >= 4 is 22.8 Å². The van der Waals surface area contributed by atoms with Gasteiger partial charge in [0, 0.05) is 5.75 Å². The highest BCUT2D eigenvalue weighted by Crippen LogP contribution is 2.20. The molecule has 0 aliphatic carbocycles. The zero-order chi connectivity index (χ0) is 12.6. The van der Waals surface area contributed by atoms with Crippen molar-refractivity contribution in [3.63, 3.8) is 0 Å². The van der Waals surface area contributed by atoms with E-state index in [1.165, 1.54) is 44.3 Å². The Morgan fingerprint density at radius 3 is 2.67 bits per heavy atom. The number of fused-ring (bicyclic) bond motifs is 1. The first-order valence-electron chi connectivity index (χ1n) is 6.97. The van der Waals surface area contributed by atoms with Gasteiger partial charge in [0.25, 0.3) is 0 Å². The third-order valence-electron chi connectivity index (χ3n) is 3.10. The number of para-hydroxylation sites is 2. The number of nitrogens with one attached hydrogen (secondary N) is 1. The van der Waals surface area contributed by atoms with E-state index < -0.39 is 0 Å². The molecule has 3 heteroatoms. The molecule has 0 fully saturated rings. The highest BCUT2D eigenvalue weighted by Gasteiger charge is 2.01. The van der Waals surface area contributed by atoms with Crippen molar-refractivity contribution < 1.29 is 0 Å². The minimum Gasteiger partial charge on any atom is -0.333 e. The number of unbranched alkanes of at least 4 members (excludes halogenated alkanes) is 5. The zero-order valence-electron chi connectivity index (χ0n) is 11.1. The van der Waals surface area contributed by atoms with Crippen molar-refractivity contribution in [3.8, 4) is 0 Å². The van der Waals surface area contributed by atoms with Crippen LogP contribution in [0.5, 0.6) is 0 Å². The Bertz CT molecular complexity index is 431. The highest BCUT2D eigenvalue weighted by atomic mass is 32.2. The molecule has 0 saturated heterocycles. The maximum Gasteiger partial charge on any atom is 0.166 e. The maximum atomic E-state index is 4.57. The van der Waals surface area contributed by atoms with E-state index in [9.17, 15) is 0 Å². The molecule has 0 atom stereocenters. The van der Waals surface area contributed by atoms with Crippen LogP contribution in [0.25, 0.3) is 11.0 Å². The molecule has 1 N–H and O–H groups in total. The first-order valence-corrected chi connectivity index (χ1v) is 7.96. The van der Waals surface area contributed by atoms with Crippen molar-refractivity contribution in [2.24, 2.45) is 0 Å². The van der Waals surface area contributed by atoms with Gasteiger partial charge in [0.2, 0.25) is 0 Å². The van der Waals surface area contributed by atoms with Crippen LogP contribution in [0.15, 0.2) is 29.4 Å². The summed E-state index contributed by atoms with van der Waals surface area (Å²) in [5.41, 5.74) is 2.21. The smallest absolute Gasteiger partial charge is 0.166 e. The molecule has 0 saturated carbocycles. The Morgan fingerprint density at radius 1 is 1.06 bits per heavy atom. The molecule has 0 spiro atoms. The summed E-state index contributed by atoms with van der Waals surface area (Å²) in [5.74, 6) is 1.17. The van der Waals surface area contributed by atoms with Crippen LogP contribution in [0.3, 0.4) is 0 Å². The first-order chi connectivity index (χ1) is 8.90. The Balaban J connectivity index is 1.67. The van der Waals surface area contributed by atoms with Gasteiger partial charge in [0.05, 0.1) is 11.0 Å². The van der Waals surface area contributed by atoms with Gasteiger partial charge in [-0.15, -0.1) is 0 Å². The SMILES string of the molecule is CCCCCCCCSc1nc2ccccc2[nH]1. The molecule has 2 nitrogen and oxygen atoms in total. The van der Waals surface area contributed by atoms with E-state index in [-0.39, 0.29) is 0 Å². The molecule has 0 unspecified atom stereocenters. The number of hydrogen-bond donors (Lipinski definition) is 1. The molecule has 0 bridgehead atoms. The summed E-state index contributed by atoms with van der Waals surface area (Å²) >= 11 is 1.84. The van der Waals surface area contributed by atoms with Gasteiger partial charge in [-0.3, -0.25) is 0 Å². The normalized spacial score (nSPS) is 11.2. The summed E-state index contributed by atoms with van der Waals surface area (Å²) in [6.07, 6.45) is 8.14. The lowest BCUT2D eigenvalue weighted by atomic mass is 10.1. The Morgan fingerprint density at radius 2 is 1.83 bits per heavy atom. The van der Waals surface area contributed by atoms with Gasteiger partial charge >= 0.3 is 0 Å². The number of rotatable bonds is 8. The van der Waals surface area contributed by atoms with Crippen molar-refractivity contribution in [3.05, 3.63) is 24.3 Å². The summed E-state index contributed by atoms with van der Waals surface area (Å²) in [6.45, 7) is 2.26. The van der Waals surface area contributed by atoms with E-state index in [1.54, 1.807) is 0 Å². The molecular weight excluding hydrogens is 240 g/mol. The topological polar surface area (TPSA) is 28.7 Å². The number of imidazole rings is 1. The second-order valence-corrected chi connectivity index (χ2v) is 5.76. The van der Waals surface area contributed by atoms with Crippen LogP contribution in [-0.2, 0) is 0 Å². The fourth-order valence-corrected chi connectivity index (χ4v) is 2.94. The van der Waals surface area contributed by atoms with Crippen LogP contribution in [0.1, 0.15) is 45.4 Å². The Hall–Kier alpha value is -0.960. The summed E-state index contributed by atoms with van der Waals surface area (Å²) in [6, 6.07) is 8.21. The molecule has 2 rings (SSSR count). The molecule has 0 radical (unpaired) electrons. The van der Waals surface area contributed by atoms with Crippen LogP contribution in [0.2, 0.25) is 0 Å². The lowest BCUT2D eigenvalue weighted by Gasteiger charge is -1.99. The lowest BCUT2D eigenvalue weighted by Crippen LogP contribution is -1.83. The molecule has 0 aliphatic rings. The minimum atomic E-state index is 1.06. The molecule has 0 aliphatic heterocycles. The van der Waals surface area contributed by atoms with E-state index in [4.69, 9.17) is 0 Å². The maximum absolute atomic E-state index is 4.57. The third kappa shape index (κ3) is 4.05. The molecule has 2 aromatic rings. The van der Waals surface area contributed by atoms with Crippen LogP contribution < -0.4 is 0 Å². The van der Waals surface area contributed by atoms with Gasteiger partial charge in [-0.25, -0.2) is 4.98 Å². The molecule has 18 heavy (non-hydrogen) atoms. The molecule has 1 heterocycles. The number of aromatic amines is 1. The number of thioether (sulfide) groups is 1. The minimum absolute atomic E-state index is 1.06. The van der Waals surface area contributed by atoms with Crippen molar-refractivity contribution in [1.29, 1.82) is 0 Å². The number of hydrogen-bond acceptors (Lipinski definition) is 2. The van der Waals surface area contributed by atoms with Gasteiger partial charge in [-0.2, -0.15) is 0 Å². The lowest BCUT2D eigenvalue weighted by molar-refractivity contribution is 0.627. The van der Waals surface area contributed by atoms with Crippen LogP contribution >= 0.6 is 11.8 Å². The van der Waals surface area contributed by atoms with E-state index in [2.05, 4.69) is 29.0 Å². The van der Waals surface area contributed by atoms with Crippen LogP contribution in [0.4, 0.5) is 0 Å². The summed E-state index contributed by atoms with van der Waals surface area (Å²) in [5, 5.41) is 1.06.